The fourth-order valence-electron chi connectivity index (χ4n) is 4.25. The Hall–Kier alpha value is -4.26. The number of nitrogens with zero attached hydrogens (tertiary/aromatic N) is 3. The highest BCUT2D eigenvalue weighted by molar-refractivity contribution is 5.97. The first-order valence-corrected chi connectivity index (χ1v) is 11.1. The Morgan fingerprint density at radius 3 is 2.53 bits per heavy atom. The van der Waals surface area contributed by atoms with Crippen molar-refractivity contribution < 1.29 is 14.0 Å². The van der Waals surface area contributed by atoms with Gasteiger partial charge in [0.05, 0.1) is 25.3 Å². The van der Waals surface area contributed by atoms with Crippen LogP contribution >= 0.6 is 0 Å². The second-order valence-electron chi connectivity index (χ2n) is 8.33. The molecule has 34 heavy (non-hydrogen) atoms. The van der Waals surface area contributed by atoms with E-state index in [-0.39, 0.29) is 18.9 Å². The highest BCUT2D eigenvalue weighted by atomic mass is 19.1. The Morgan fingerprint density at radius 1 is 0.971 bits per heavy atom. The van der Waals surface area contributed by atoms with Gasteiger partial charge >= 0.3 is 6.03 Å². The van der Waals surface area contributed by atoms with Crippen molar-refractivity contribution in [1.29, 1.82) is 0 Å². The summed E-state index contributed by atoms with van der Waals surface area (Å²) in [5.74, 6) is -0.685. The van der Waals surface area contributed by atoms with Crippen molar-refractivity contribution in [2.24, 2.45) is 0 Å². The predicted octanol–water partition coefficient (Wildman–Crippen LogP) is 4.92. The summed E-state index contributed by atoms with van der Waals surface area (Å²) in [6.07, 6.45) is 5.54. The van der Waals surface area contributed by atoms with Crippen LogP contribution in [0.25, 0.3) is 11.1 Å². The van der Waals surface area contributed by atoms with Gasteiger partial charge in [-0.3, -0.25) is 9.69 Å². The Balaban J connectivity index is 1.33. The Labute approximate surface area is 196 Å². The van der Waals surface area contributed by atoms with Gasteiger partial charge < -0.3 is 9.88 Å². The van der Waals surface area contributed by atoms with Crippen LogP contribution in [0.4, 0.5) is 9.18 Å². The van der Waals surface area contributed by atoms with Gasteiger partial charge in [0.1, 0.15) is 5.82 Å². The lowest BCUT2D eigenvalue weighted by molar-refractivity contribution is -0.130. The van der Waals surface area contributed by atoms with E-state index in [0.29, 0.717) is 5.56 Å². The summed E-state index contributed by atoms with van der Waals surface area (Å²) in [5, 5.41) is 2.84. The lowest BCUT2D eigenvalue weighted by Gasteiger charge is -2.32. The zero-order chi connectivity index (χ0) is 23.5. The zero-order valence-corrected chi connectivity index (χ0v) is 18.4. The van der Waals surface area contributed by atoms with E-state index in [9.17, 15) is 14.0 Å². The second kappa shape index (κ2) is 9.31. The third-order valence-corrected chi connectivity index (χ3v) is 6.01. The number of hydrogen-bond donors (Lipinski definition) is 1. The highest BCUT2D eigenvalue weighted by Gasteiger charge is 2.33. The van der Waals surface area contributed by atoms with E-state index in [2.05, 4.69) is 22.4 Å². The fourth-order valence-corrected chi connectivity index (χ4v) is 4.25. The number of imidazole rings is 1. The minimum absolute atomic E-state index is 0.0836. The van der Waals surface area contributed by atoms with Gasteiger partial charge in [-0.25, -0.2) is 14.2 Å². The largest absolute Gasteiger partial charge is 0.333 e. The van der Waals surface area contributed by atoms with Crippen molar-refractivity contribution in [2.75, 3.05) is 0 Å². The minimum Gasteiger partial charge on any atom is -0.333 e. The molecule has 1 fully saturated rings. The van der Waals surface area contributed by atoms with E-state index in [1.165, 1.54) is 17.0 Å². The van der Waals surface area contributed by atoms with Gasteiger partial charge in [0.25, 0.3) is 0 Å². The third kappa shape index (κ3) is 4.59. The molecule has 170 valence electrons. The highest BCUT2D eigenvalue weighted by Crippen LogP contribution is 2.28. The molecule has 6 nitrogen and oxygen atoms in total. The number of aromatic nitrogens is 2. The molecule has 3 aromatic carbocycles. The third-order valence-electron chi connectivity index (χ3n) is 6.01. The summed E-state index contributed by atoms with van der Waals surface area (Å²) in [6.45, 7) is 0.893. The first-order chi connectivity index (χ1) is 16.6. The molecule has 1 atom stereocenters. The normalized spacial score (nSPS) is 15.9. The maximum Gasteiger partial charge on any atom is 0.324 e. The molecule has 0 aliphatic carbocycles. The number of hydrogen-bond acceptors (Lipinski definition) is 3. The lowest BCUT2D eigenvalue weighted by Crippen LogP contribution is -2.50. The molecule has 0 bridgehead atoms. The van der Waals surface area contributed by atoms with Gasteiger partial charge in [-0.1, -0.05) is 60.7 Å². The second-order valence-corrected chi connectivity index (χ2v) is 8.33. The molecule has 1 N–H and O–H groups in total. The standard InChI is InChI=1S/C27H23FN4O2/c28-23-6-3-5-21(14-23)25-15-26(33)32(27(34)30-25)17-22-4-1-2-7-24(22)20-10-8-19(9-11-20)16-31-13-12-29-18-31/h1-14,18,25H,15-17H2,(H,30,34). The number of rotatable bonds is 6. The summed E-state index contributed by atoms with van der Waals surface area (Å²) < 4.78 is 15.6. The molecule has 1 aliphatic heterocycles. The maximum atomic E-state index is 13.6. The predicted molar refractivity (Wildman–Crippen MR) is 126 cm³/mol. The number of imide groups is 1. The number of halogens is 1. The Bertz CT molecular complexity index is 1300. The van der Waals surface area contributed by atoms with E-state index in [1.807, 2.05) is 47.2 Å². The number of carbonyl (C=O) groups excluding carboxylic acids is 2. The maximum absolute atomic E-state index is 13.6. The van der Waals surface area contributed by atoms with E-state index < -0.39 is 17.9 Å². The monoisotopic (exact) mass is 454 g/mol. The van der Waals surface area contributed by atoms with E-state index >= 15 is 0 Å². The van der Waals surface area contributed by atoms with Gasteiger partial charge in [-0.15, -0.1) is 0 Å². The number of carbonyl (C=O) groups is 2. The molecule has 7 heteroatoms. The van der Waals surface area contributed by atoms with Crippen molar-refractivity contribution in [3.05, 3.63) is 114 Å². The van der Waals surface area contributed by atoms with Gasteiger partial charge in [0, 0.05) is 18.9 Å². The van der Waals surface area contributed by atoms with Gasteiger partial charge in [0.2, 0.25) is 5.91 Å². The zero-order valence-electron chi connectivity index (χ0n) is 18.4. The molecule has 0 radical (unpaired) electrons. The Morgan fingerprint density at radius 2 is 1.79 bits per heavy atom. The van der Waals surface area contributed by atoms with Crippen LogP contribution in [0, 0.1) is 5.82 Å². The number of benzene rings is 3. The van der Waals surface area contributed by atoms with Crippen LogP contribution < -0.4 is 5.32 Å². The average molecular weight is 455 g/mol. The molecular formula is C27H23FN4O2. The van der Waals surface area contributed by atoms with Crippen LogP contribution in [0.5, 0.6) is 0 Å². The first-order valence-electron chi connectivity index (χ1n) is 11.1. The number of amides is 3. The smallest absolute Gasteiger partial charge is 0.324 e. The van der Waals surface area contributed by atoms with Crippen LogP contribution in [0.2, 0.25) is 0 Å². The van der Waals surface area contributed by atoms with Crippen molar-refractivity contribution >= 4 is 11.9 Å². The average Bonchev–Trinajstić information content (AvgIpc) is 3.35. The van der Waals surface area contributed by atoms with E-state index in [0.717, 1.165) is 28.8 Å². The van der Waals surface area contributed by atoms with Crippen LogP contribution in [0.1, 0.15) is 29.2 Å². The molecule has 1 unspecified atom stereocenters. The summed E-state index contributed by atoms with van der Waals surface area (Å²) >= 11 is 0. The molecule has 1 aromatic heterocycles. The summed E-state index contributed by atoms with van der Waals surface area (Å²) in [4.78, 5) is 31.0. The summed E-state index contributed by atoms with van der Waals surface area (Å²) in [6, 6.07) is 20.9. The van der Waals surface area contributed by atoms with Gasteiger partial charge in [-0.05, 0) is 39.9 Å². The molecule has 2 heterocycles. The first kappa shape index (κ1) is 21.6. The van der Waals surface area contributed by atoms with Crippen molar-refractivity contribution in [2.45, 2.75) is 25.6 Å². The van der Waals surface area contributed by atoms with Gasteiger partial charge in [-0.2, -0.15) is 0 Å². The van der Waals surface area contributed by atoms with Gasteiger partial charge in [0.15, 0.2) is 0 Å². The topological polar surface area (TPSA) is 67.2 Å². The van der Waals surface area contributed by atoms with Crippen LogP contribution in [0.15, 0.2) is 91.5 Å². The Kier molecular flexibility index (Phi) is 5.91. The van der Waals surface area contributed by atoms with Crippen LogP contribution in [-0.2, 0) is 17.9 Å². The quantitative estimate of drug-likeness (QED) is 0.450. The van der Waals surface area contributed by atoms with Crippen molar-refractivity contribution in [3.63, 3.8) is 0 Å². The summed E-state index contributed by atoms with van der Waals surface area (Å²) in [5.41, 5.74) is 4.57. The molecule has 1 saturated heterocycles. The number of urea groups is 1. The number of nitrogens with one attached hydrogen (secondary N) is 1. The lowest BCUT2D eigenvalue weighted by atomic mass is 9.97. The van der Waals surface area contributed by atoms with Crippen LogP contribution in [-0.4, -0.2) is 26.4 Å². The molecular weight excluding hydrogens is 431 g/mol. The van der Waals surface area contributed by atoms with Crippen LogP contribution in [0.3, 0.4) is 0 Å². The SMILES string of the molecule is O=C1CC(c2cccc(F)c2)NC(=O)N1Cc1ccccc1-c1ccc(Cn2ccnc2)cc1. The van der Waals surface area contributed by atoms with Crippen molar-refractivity contribution in [1.82, 2.24) is 19.8 Å². The van der Waals surface area contributed by atoms with E-state index in [1.54, 1.807) is 24.7 Å². The molecule has 4 aromatic rings. The molecule has 1 aliphatic rings. The molecule has 0 saturated carbocycles. The fraction of sp³-hybridized carbons (Fsp3) is 0.148. The molecule has 5 rings (SSSR count). The molecule has 0 spiro atoms. The van der Waals surface area contributed by atoms with Crippen molar-refractivity contribution in [3.8, 4) is 11.1 Å². The summed E-state index contributed by atoms with van der Waals surface area (Å²) in [7, 11) is 0. The van der Waals surface area contributed by atoms with E-state index in [4.69, 9.17) is 0 Å². The molecule has 3 amide bonds. The minimum atomic E-state index is -0.537.